The number of halogens is 1. The summed E-state index contributed by atoms with van der Waals surface area (Å²) < 4.78 is 11.4. The second-order valence-corrected chi connectivity index (χ2v) is 5.04. The predicted molar refractivity (Wildman–Crippen MR) is 78.4 cm³/mol. The number of anilines is 1. The molecule has 0 unspecified atom stereocenters. The van der Waals surface area contributed by atoms with Gasteiger partial charge in [-0.2, -0.15) is 0 Å². The van der Waals surface area contributed by atoms with Crippen LogP contribution in [0, 0.1) is 6.92 Å². The molecule has 0 amide bonds. The summed E-state index contributed by atoms with van der Waals surface area (Å²) in [7, 11) is 1.60. The third-order valence-corrected chi connectivity index (χ3v) is 3.52. The Balaban J connectivity index is 2.12. The van der Waals surface area contributed by atoms with E-state index in [-0.39, 0.29) is 5.56 Å². The zero-order valence-corrected chi connectivity index (χ0v) is 12.7. The van der Waals surface area contributed by atoms with Gasteiger partial charge >= 0.3 is 5.97 Å². The van der Waals surface area contributed by atoms with Crippen LogP contribution in [0.3, 0.4) is 0 Å². The number of methoxy groups -OCH3 is 1. The standard InChI is InChI=1S/C14H14BrNO4/c1-8-11(14(17)18)5-10(20-8)7-16-13-6-9(19-2)3-4-12(13)15/h3-6,16H,7H2,1-2H3,(H,17,18). The summed E-state index contributed by atoms with van der Waals surface area (Å²) in [6.45, 7) is 2.02. The first-order valence-corrected chi connectivity index (χ1v) is 6.70. The Morgan fingerprint density at radius 3 is 2.80 bits per heavy atom. The van der Waals surface area contributed by atoms with Crippen molar-refractivity contribution in [2.24, 2.45) is 0 Å². The number of aryl methyl sites for hydroxylation is 1. The first-order valence-electron chi connectivity index (χ1n) is 5.91. The van der Waals surface area contributed by atoms with Crippen molar-refractivity contribution in [1.29, 1.82) is 0 Å². The minimum absolute atomic E-state index is 0.187. The van der Waals surface area contributed by atoms with Crippen LogP contribution in [0.4, 0.5) is 5.69 Å². The molecule has 0 saturated heterocycles. The van der Waals surface area contributed by atoms with E-state index >= 15 is 0 Å². The lowest BCUT2D eigenvalue weighted by molar-refractivity contribution is 0.0695. The van der Waals surface area contributed by atoms with Gasteiger partial charge in [-0.3, -0.25) is 0 Å². The number of carbonyl (C=O) groups is 1. The van der Waals surface area contributed by atoms with Gasteiger partial charge in [0.05, 0.1) is 19.3 Å². The minimum atomic E-state index is -0.986. The lowest BCUT2D eigenvalue weighted by atomic mass is 10.2. The van der Waals surface area contributed by atoms with Crippen molar-refractivity contribution in [3.63, 3.8) is 0 Å². The summed E-state index contributed by atoms with van der Waals surface area (Å²) >= 11 is 3.43. The van der Waals surface area contributed by atoms with E-state index in [1.807, 2.05) is 18.2 Å². The molecule has 2 aromatic rings. The van der Waals surface area contributed by atoms with Crippen LogP contribution in [-0.4, -0.2) is 18.2 Å². The van der Waals surface area contributed by atoms with Crippen LogP contribution in [0.1, 0.15) is 21.9 Å². The van der Waals surface area contributed by atoms with Crippen LogP contribution < -0.4 is 10.1 Å². The molecule has 2 N–H and O–H groups in total. The van der Waals surface area contributed by atoms with Crippen molar-refractivity contribution >= 4 is 27.6 Å². The van der Waals surface area contributed by atoms with Crippen molar-refractivity contribution in [3.05, 3.63) is 45.8 Å². The maximum atomic E-state index is 10.9. The number of rotatable bonds is 5. The lowest BCUT2D eigenvalue weighted by Gasteiger charge is -2.09. The molecule has 0 aliphatic rings. The van der Waals surface area contributed by atoms with Crippen LogP contribution in [0.2, 0.25) is 0 Å². The molecular weight excluding hydrogens is 326 g/mol. The van der Waals surface area contributed by atoms with Gasteiger partial charge in [-0.05, 0) is 41.1 Å². The van der Waals surface area contributed by atoms with Gasteiger partial charge in [0.2, 0.25) is 0 Å². The molecule has 1 heterocycles. The summed E-state index contributed by atoms with van der Waals surface area (Å²) in [6.07, 6.45) is 0. The number of aromatic carboxylic acids is 1. The zero-order chi connectivity index (χ0) is 14.7. The van der Waals surface area contributed by atoms with Gasteiger partial charge < -0.3 is 19.6 Å². The van der Waals surface area contributed by atoms with Crippen LogP contribution in [0.25, 0.3) is 0 Å². The summed E-state index contributed by atoms with van der Waals surface area (Å²) in [5.74, 6) is 0.714. The van der Waals surface area contributed by atoms with Gasteiger partial charge in [0, 0.05) is 10.5 Å². The van der Waals surface area contributed by atoms with Crippen molar-refractivity contribution in [3.8, 4) is 5.75 Å². The van der Waals surface area contributed by atoms with Crippen LogP contribution in [0.5, 0.6) is 5.75 Å². The highest BCUT2D eigenvalue weighted by Gasteiger charge is 2.13. The van der Waals surface area contributed by atoms with Gasteiger partial charge in [-0.1, -0.05) is 0 Å². The third-order valence-electron chi connectivity index (χ3n) is 2.83. The minimum Gasteiger partial charge on any atom is -0.497 e. The molecule has 6 heteroatoms. The molecule has 1 aromatic carbocycles. The highest BCUT2D eigenvalue weighted by Crippen LogP contribution is 2.27. The van der Waals surface area contributed by atoms with E-state index in [4.69, 9.17) is 14.3 Å². The maximum Gasteiger partial charge on any atom is 0.339 e. The Labute approximate surface area is 124 Å². The number of nitrogens with one attached hydrogen (secondary N) is 1. The van der Waals surface area contributed by atoms with Crippen molar-refractivity contribution in [1.82, 2.24) is 0 Å². The Bertz CT molecular complexity index is 636. The summed E-state index contributed by atoms with van der Waals surface area (Å²) in [5.41, 5.74) is 1.03. The molecule has 0 bridgehead atoms. The van der Waals surface area contributed by atoms with E-state index in [1.165, 1.54) is 6.07 Å². The average molecular weight is 340 g/mol. The molecule has 0 atom stereocenters. The summed E-state index contributed by atoms with van der Waals surface area (Å²) in [6, 6.07) is 7.09. The number of furan rings is 1. The SMILES string of the molecule is COc1ccc(Br)c(NCc2cc(C(=O)O)c(C)o2)c1. The number of carboxylic acid groups (broad SMARTS) is 1. The van der Waals surface area contributed by atoms with E-state index < -0.39 is 5.97 Å². The van der Waals surface area contributed by atoms with E-state index in [9.17, 15) is 4.79 Å². The highest BCUT2D eigenvalue weighted by atomic mass is 79.9. The second kappa shape index (κ2) is 6.00. The zero-order valence-electron chi connectivity index (χ0n) is 11.1. The molecule has 0 aliphatic heterocycles. The highest BCUT2D eigenvalue weighted by molar-refractivity contribution is 9.10. The van der Waals surface area contributed by atoms with Crippen molar-refractivity contribution in [2.45, 2.75) is 13.5 Å². The number of hydrogen-bond acceptors (Lipinski definition) is 4. The smallest absolute Gasteiger partial charge is 0.339 e. The van der Waals surface area contributed by atoms with Crippen LogP contribution >= 0.6 is 15.9 Å². The van der Waals surface area contributed by atoms with Gasteiger partial charge in [-0.15, -0.1) is 0 Å². The second-order valence-electron chi connectivity index (χ2n) is 4.19. The summed E-state index contributed by atoms with van der Waals surface area (Å²) in [5, 5.41) is 12.1. The molecule has 0 spiro atoms. The molecule has 5 nitrogen and oxygen atoms in total. The Morgan fingerprint density at radius 1 is 1.45 bits per heavy atom. The fraction of sp³-hybridized carbons (Fsp3) is 0.214. The van der Waals surface area contributed by atoms with Gasteiger partial charge in [-0.25, -0.2) is 4.79 Å². The molecule has 0 radical (unpaired) electrons. The first kappa shape index (κ1) is 14.5. The molecule has 106 valence electrons. The van der Waals surface area contributed by atoms with E-state index in [1.54, 1.807) is 14.0 Å². The van der Waals surface area contributed by atoms with E-state index in [2.05, 4.69) is 21.2 Å². The normalized spacial score (nSPS) is 10.3. The molecular formula is C14H14BrNO4. The number of carboxylic acids is 1. The molecule has 0 saturated carbocycles. The third kappa shape index (κ3) is 3.14. The lowest BCUT2D eigenvalue weighted by Crippen LogP contribution is -1.99. The molecule has 0 fully saturated rings. The first-order chi connectivity index (χ1) is 9.51. The van der Waals surface area contributed by atoms with Gasteiger partial charge in [0.25, 0.3) is 0 Å². The average Bonchev–Trinajstić information content (AvgIpc) is 2.79. The molecule has 1 aromatic heterocycles. The summed E-state index contributed by atoms with van der Waals surface area (Å²) in [4.78, 5) is 10.9. The fourth-order valence-electron chi connectivity index (χ4n) is 1.79. The number of benzene rings is 1. The van der Waals surface area contributed by atoms with Gasteiger partial charge in [0.1, 0.15) is 22.8 Å². The fourth-order valence-corrected chi connectivity index (χ4v) is 2.18. The Morgan fingerprint density at radius 2 is 2.20 bits per heavy atom. The predicted octanol–water partition coefficient (Wildman–Crippen LogP) is 3.67. The van der Waals surface area contributed by atoms with Crippen molar-refractivity contribution in [2.75, 3.05) is 12.4 Å². The number of hydrogen-bond donors (Lipinski definition) is 2. The maximum absolute atomic E-state index is 10.9. The van der Waals surface area contributed by atoms with E-state index in [0.717, 1.165) is 15.9 Å². The molecule has 2 rings (SSSR count). The van der Waals surface area contributed by atoms with Crippen LogP contribution in [-0.2, 0) is 6.54 Å². The monoisotopic (exact) mass is 339 g/mol. The van der Waals surface area contributed by atoms with Crippen LogP contribution in [0.15, 0.2) is 33.2 Å². The topological polar surface area (TPSA) is 71.7 Å². The quantitative estimate of drug-likeness (QED) is 0.869. The van der Waals surface area contributed by atoms with E-state index in [0.29, 0.717) is 18.1 Å². The molecule has 20 heavy (non-hydrogen) atoms. The largest absolute Gasteiger partial charge is 0.497 e. The Kier molecular flexibility index (Phi) is 4.34. The molecule has 0 aliphatic carbocycles. The number of ether oxygens (including phenoxy) is 1. The Hall–Kier alpha value is -1.95. The van der Waals surface area contributed by atoms with Gasteiger partial charge in [0.15, 0.2) is 0 Å². The van der Waals surface area contributed by atoms with Crippen molar-refractivity contribution < 1.29 is 19.1 Å².